The lowest BCUT2D eigenvalue weighted by atomic mass is 10.2. The fourth-order valence-electron chi connectivity index (χ4n) is 1.96. The van der Waals surface area contributed by atoms with Gasteiger partial charge in [-0.3, -0.25) is 0 Å². The summed E-state index contributed by atoms with van der Waals surface area (Å²) in [5, 5.41) is 14.6. The second-order valence-electron chi connectivity index (χ2n) is 4.56. The molecule has 0 atom stereocenters. The molecule has 0 radical (unpaired) electrons. The normalized spacial score (nSPS) is 10.7. The molecule has 1 N–H and O–H groups in total. The van der Waals surface area contributed by atoms with Crippen molar-refractivity contribution in [3.8, 4) is 5.69 Å². The third kappa shape index (κ3) is 2.37. The predicted molar refractivity (Wildman–Crippen MR) is 74.4 cm³/mol. The van der Waals surface area contributed by atoms with Gasteiger partial charge in [-0.1, -0.05) is 6.07 Å². The van der Waals surface area contributed by atoms with Crippen molar-refractivity contribution in [2.75, 3.05) is 5.32 Å². The molecule has 102 valence electrons. The number of tetrazole rings is 1. The zero-order valence-electron chi connectivity index (χ0n) is 11.4. The Morgan fingerprint density at radius 1 is 1.30 bits per heavy atom. The summed E-state index contributed by atoms with van der Waals surface area (Å²) in [6.45, 7) is 2.73. The lowest BCUT2D eigenvalue weighted by Gasteiger charge is -2.11. The van der Waals surface area contributed by atoms with E-state index in [-0.39, 0.29) is 0 Å². The molecule has 0 aliphatic rings. The summed E-state index contributed by atoms with van der Waals surface area (Å²) < 4.78 is 3.62. The van der Waals surface area contributed by atoms with Crippen LogP contribution in [0.25, 0.3) is 5.69 Å². The Labute approximate surface area is 116 Å². The number of imidazole rings is 1. The van der Waals surface area contributed by atoms with Gasteiger partial charge in [-0.25, -0.2) is 9.67 Å². The van der Waals surface area contributed by atoms with E-state index >= 15 is 0 Å². The Morgan fingerprint density at radius 2 is 2.20 bits per heavy atom. The second-order valence-corrected chi connectivity index (χ2v) is 4.56. The zero-order valence-corrected chi connectivity index (χ0v) is 11.4. The number of aryl methyl sites for hydroxylation is 2. The number of hydrogen-bond acceptors (Lipinski definition) is 5. The van der Waals surface area contributed by atoms with Crippen LogP contribution in [0.3, 0.4) is 0 Å². The molecule has 3 rings (SSSR count). The van der Waals surface area contributed by atoms with Gasteiger partial charge in [0.2, 0.25) is 0 Å². The monoisotopic (exact) mass is 269 g/mol. The van der Waals surface area contributed by atoms with Crippen molar-refractivity contribution in [2.24, 2.45) is 7.05 Å². The summed E-state index contributed by atoms with van der Waals surface area (Å²) in [6, 6.07) is 6.05. The lowest BCUT2D eigenvalue weighted by Crippen LogP contribution is -2.07. The highest BCUT2D eigenvalue weighted by molar-refractivity contribution is 5.56. The smallest absolute Gasteiger partial charge is 0.143 e. The summed E-state index contributed by atoms with van der Waals surface area (Å²) in [6.07, 6.45) is 5.30. The predicted octanol–water partition coefficient (Wildman–Crippen LogP) is 1.32. The van der Waals surface area contributed by atoms with Crippen LogP contribution in [-0.2, 0) is 13.6 Å². The summed E-state index contributed by atoms with van der Waals surface area (Å²) in [5.41, 5.74) is 3.12. The topological polar surface area (TPSA) is 73.5 Å². The summed E-state index contributed by atoms with van der Waals surface area (Å²) in [5.74, 6) is 0.984. The quantitative estimate of drug-likeness (QED) is 0.773. The van der Waals surface area contributed by atoms with E-state index in [1.807, 2.05) is 36.0 Å². The van der Waals surface area contributed by atoms with Gasteiger partial charge in [-0.15, -0.1) is 5.10 Å². The fourth-order valence-corrected chi connectivity index (χ4v) is 1.96. The molecule has 0 aliphatic carbocycles. The highest BCUT2D eigenvalue weighted by atomic mass is 15.5. The highest BCUT2D eigenvalue weighted by Crippen LogP contribution is 2.19. The number of anilines is 1. The van der Waals surface area contributed by atoms with E-state index in [2.05, 4.69) is 32.7 Å². The molecule has 1 aromatic carbocycles. The number of hydrogen-bond donors (Lipinski definition) is 1. The maximum atomic E-state index is 4.30. The van der Waals surface area contributed by atoms with E-state index < -0.39 is 0 Å². The maximum absolute atomic E-state index is 4.30. The van der Waals surface area contributed by atoms with Gasteiger partial charge in [0.15, 0.2) is 0 Å². The van der Waals surface area contributed by atoms with Crippen molar-refractivity contribution < 1.29 is 0 Å². The Morgan fingerprint density at radius 3 is 2.90 bits per heavy atom. The number of nitrogens with zero attached hydrogens (tertiary/aromatic N) is 6. The Kier molecular flexibility index (Phi) is 3.16. The molecule has 0 saturated carbocycles. The van der Waals surface area contributed by atoms with Crippen LogP contribution in [0, 0.1) is 6.92 Å². The van der Waals surface area contributed by atoms with E-state index in [9.17, 15) is 0 Å². The van der Waals surface area contributed by atoms with Gasteiger partial charge in [0.05, 0.1) is 12.2 Å². The molecule has 0 bridgehead atoms. The van der Waals surface area contributed by atoms with Gasteiger partial charge in [0.1, 0.15) is 12.2 Å². The Bertz CT molecular complexity index is 699. The number of nitrogens with one attached hydrogen (secondary N) is 1. The molecule has 0 aliphatic heterocycles. The standard InChI is InChI=1S/C13H15N7/c1-10-3-4-11(20-9-16-17-18-20)7-12(10)15-8-13-14-5-6-19(13)2/h3-7,9,15H,8H2,1-2H3. The van der Waals surface area contributed by atoms with Crippen LogP contribution < -0.4 is 5.32 Å². The second kappa shape index (κ2) is 5.12. The summed E-state index contributed by atoms with van der Waals surface area (Å²) in [4.78, 5) is 4.30. The van der Waals surface area contributed by atoms with E-state index in [0.29, 0.717) is 6.54 Å². The molecule has 2 heterocycles. The third-order valence-electron chi connectivity index (χ3n) is 3.19. The van der Waals surface area contributed by atoms with E-state index in [4.69, 9.17) is 0 Å². The van der Waals surface area contributed by atoms with Gasteiger partial charge in [-0.05, 0) is 35.0 Å². The van der Waals surface area contributed by atoms with Crippen LogP contribution in [0.5, 0.6) is 0 Å². The molecule has 20 heavy (non-hydrogen) atoms. The fraction of sp³-hybridized carbons (Fsp3) is 0.231. The summed E-state index contributed by atoms with van der Waals surface area (Å²) >= 11 is 0. The molecular formula is C13H15N7. The van der Waals surface area contributed by atoms with Gasteiger partial charge in [-0.2, -0.15) is 0 Å². The van der Waals surface area contributed by atoms with E-state index in [1.54, 1.807) is 17.2 Å². The molecule has 2 aromatic heterocycles. The minimum atomic E-state index is 0.670. The van der Waals surface area contributed by atoms with Gasteiger partial charge in [0.25, 0.3) is 0 Å². The molecule has 0 spiro atoms. The first kappa shape index (κ1) is 12.3. The van der Waals surface area contributed by atoms with Crippen molar-refractivity contribution in [1.82, 2.24) is 29.8 Å². The number of aromatic nitrogens is 6. The van der Waals surface area contributed by atoms with Crippen LogP contribution in [0.1, 0.15) is 11.4 Å². The van der Waals surface area contributed by atoms with Crippen molar-refractivity contribution in [2.45, 2.75) is 13.5 Å². The average molecular weight is 269 g/mol. The minimum absolute atomic E-state index is 0.670. The molecule has 7 heteroatoms. The van der Waals surface area contributed by atoms with Crippen LogP contribution in [0.4, 0.5) is 5.69 Å². The molecular weight excluding hydrogens is 254 g/mol. The van der Waals surface area contributed by atoms with E-state index in [1.165, 1.54) is 0 Å². The van der Waals surface area contributed by atoms with Gasteiger partial charge >= 0.3 is 0 Å². The van der Waals surface area contributed by atoms with Crippen LogP contribution in [0.15, 0.2) is 36.9 Å². The van der Waals surface area contributed by atoms with Crippen LogP contribution in [0.2, 0.25) is 0 Å². The van der Waals surface area contributed by atoms with Gasteiger partial charge in [0, 0.05) is 25.1 Å². The molecule has 0 unspecified atom stereocenters. The molecule has 7 nitrogen and oxygen atoms in total. The first-order valence-corrected chi connectivity index (χ1v) is 6.28. The third-order valence-corrected chi connectivity index (χ3v) is 3.19. The van der Waals surface area contributed by atoms with Crippen molar-refractivity contribution in [1.29, 1.82) is 0 Å². The first-order valence-electron chi connectivity index (χ1n) is 6.28. The van der Waals surface area contributed by atoms with Crippen LogP contribution in [-0.4, -0.2) is 29.8 Å². The highest BCUT2D eigenvalue weighted by Gasteiger charge is 2.05. The summed E-state index contributed by atoms with van der Waals surface area (Å²) in [7, 11) is 1.98. The van der Waals surface area contributed by atoms with Crippen molar-refractivity contribution in [3.63, 3.8) is 0 Å². The molecule has 0 fully saturated rings. The average Bonchev–Trinajstić information content (AvgIpc) is 3.10. The first-order chi connectivity index (χ1) is 9.74. The Balaban J connectivity index is 1.82. The maximum Gasteiger partial charge on any atom is 0.143 e. The van der Waals surface area contributed by atoms with Gasteiger partial charge < -0.3 is 9.88 Å². The number of benzene rings is 1. The molecule has 3 aromatic rings. The molecule has 0 amide bonds. The lowest BCUT2D eigenvalue weighted by molar-refractivity contribution is 0.788. The largest absolute Gasteiger partial charge is 0.378 e. The zero-order chi connectivity index (χ0) is 13.9. The van der Waals surface area contributed by atoms with Crippen LogP contribution >= 0.6 is 0 Å². The van der Waals surface area contributed by atoms with E-state index in [0.717, 1.165) is 22.8 Å². The SMILES string of the molecule is Cc1ccc(-n2cnnn2)cc1NCc1nccn1C. The number of rotatable bonds is 4. The van der Waals surface area contributed by atoms with Crippen molar-refractivity contribution >= 4 is 5.69 Å². The Hall–Kier alpha value is -2.70. The van der Waals surface area contributed by atoms with Crippen molar-refractivity contribution in [3.05, 3.63) is 48.3 Å². The minimum Gasteiger partial charge on any atom is -0.378 e. The molecule has 0 saturated heterocycles.